The van der Waals surface area contributed by atoms with Crippen LogP contribution in [0.5, 0.6) is 0 Å². The minimum Gasteiger partial charge on any atom is -0.314 e. The summed E-state index contributed by atoms with van der Waals surface area (Å²) in [5.74, 6) is 0. The molecular weight excluding hydrogens is 194 g/mol. The van der Waals surface area contributed by atoms with E-state index in [4.69, 9.17) is 0 Å². The van der Waals surface area contributed by atoms with Crippen molar-refractivity contribution in [3.8, 4) is 0 Å². The minimum atomic E-state index is 0.798. The zero-order chi connectivity index (χ0) is 11.4. The van der Waals surface area contributed by atoms with Gasteiger partial charge < -0.3 is 5.32 Å². The number of hydrogen-bond acceptors (Lipinski definition) is 1. The van der Waals surface area contributed by atoms with E-state index in [1.54, 1.807) is 0 Å². The SMILES string of the molecule is Cc1ccc(CCCC2CCCN2)cc1C. The van der Waals surface area contributed by atoms with Gasteiger partial charge in [0.2, 0.25) is 0 Å². The fraction of sp³-hybridized carbons (Fsp3) is 0.600. The molecule has 1 N–H and O–H groups in total. The minimum absolute atomic E-state index is 0.798. The molecule has 0 saturated carbocycles. The maximum atomic E-state index is 3.56. The van der Waals surface area contributed by atoms with Gasteiger partial charge in [-0.3, -0.25) is 0 Å². The molecule has 1 atom stereocenters. The lowest BCUT2D eigenvalue weighted by atomic mass is 10.0. The quantitative estimate of drug-likeness (QED) is 0.815. The third-order valence-corrected chi connectivity index (χ3v) is 3.75. The third kappa shape index (κ3) is 3.08. The van der Waals surface area contributed by atoms with E-state index < -0.39 is 0 Å². The van der Waals surface area contributed by atoms with Crippen molar-refractivity contribution in [1.82, 2.24) is 5.32 Å². The van der Waals surface area contributed by atoms with Crippen LogP contribution in [-0.4, -0.2) is 12.6 Å². The standard InChI is InChI=1S/C15H23N/c1-12-8-9-14(11-13(12)2)5-3-6-15-7-4-10-16-15/h8-9,11,15-16H,3-7,10H2,1-2H3. The fourth-order valence-corrected chi connectivity index (χ4v) is 2.51. The van der Waals surface area contributed by atoms with Crippen LogP contribution in [0, 0.1) is 13.8 Å². The van der Waals surface area contributed by atoms with Crippen LogP contribution in [0.1, 0.15) is 42.4 Å². The molecule has 0 amide bonds. The highest BCUT2D eigenvalue weighted by atomic mass is 14.9. The number of rotatable bonds is 4. The second-order valence-corrected chi connectivity index (χ2v) is 5.10. The number of aryl methyl sites for hydroxylation is 3. The summed E-state index contributed by atoms with van der Waals surface area (Å²) in [4.78, 5) is 0. The molecular formula is C15H23N. The summed E-state index contributed by atoms with van der Waals surface area (Å²) in [5, 5.41) is 3.56. The highest BCUT2D eigenvalue weighted by Gasteiger charge is 2.12. The fourth-order valence-electron chi connectivity index (χ4n) is 2.51. The van der Waals surface area contributed by atoms with Crippen molar-refractivity contribution in [1.29, 1.82) is 0 Å². The van der Waals surface area contributed by atoms with Gasteiger partial charge in [0.15, 0.2) is 0 Å². The summed E-state index contributed by atoms with van der Waals surface area (Å²) in [5.41, 5.74) is 4.33. The van der Waals surface area contributed by atoms with Gasteiger partial charge in [-0.2, -0.15) is 0 Å². The van der Waals surface area contributed by atoms with Crippen molar-refractivity contribution in [2.75, 3.05) is 6.54 Å². The monoisotopic (exact) mass is 217 g/mol. The lowest BCUT2D eigenvalue weighted by Crippen LogP contribution is -2.20. The molecule has 2 rings (SSSR count). The molecule has 0 spiro atoms. The largest absolute Gasteiger partial charge is 0.314 e. The summed E-state index contributed by atoms with van der Waals surface area (Å²) >= 11 is 0. The predicted octanol–water partition coefficient (Wildman–Crippen LogP) is 3.38. The van der Waals surface area contributed by atoms with Gasteiger partial charge in [-0.1, -0.05) is 18.2 Å². The Bertz CT molecular complexity index is 337. The van der Waals surface area contributed by atoms with Crippen LogP contribution in [0.25, 0.3) is 0 Å². The molecule has 1 heterocycles. The zero-order valence-electron chi connectivity index (χ0n) is 10.6. The highest BCUT2D eigenvalue weighted by molar-refractivity contribution is 5.29. The molecule has 1 fully saturated rings. The number of hydrogen-bond donors (Lipinski definition) is 1. The van der Waals surface area contributed by atoms with Gasteiger partial charge in [-0.05, 0) is 69.2 Å². The Labute approximate surface area is 99.3 Å². The molecule has 1 aliphatic heterocycles. The highest BCUT2D eigenvalue weighted by Crippen LogP contribution is 2.15. The summed E-state index contributed by atoms with van der Waals surface area (Å²) in [6.45, 7) is 5.62. The van der Waals surface area contributed by atoms with Crippen molar-refractivity contribution >= 4 is 0 Å². The van der Waals surface area contributed by atoms with E-state index in [2.05, 4.69) is 37.4 Å². The maximum Gasteiger partial charge on any atom is 0.00676 e. The van der Waals surface area contributed by atoms with E-state index in [9.17, 15) is 0 Å². The molecule has 16 heavy (non-hydrogen) atoms. The number of benzene rings is 1. The topological polar surface area (TPSA) is 12.0 Å². The Morgan fingerprint density at radius 2 is 2.12 bits per heavy atom. The Hall–Kier alpha value is -0.820. The third-order valence-electron chi connectivity index (χ3n) is 3.75. The molecule has 1 aromatic rings. The van der Waals surface area contributed by atoms with E-state index in [0.717, 1.165) is 6.04 Å². The molecule has 0 bridgehead atoms. The van der Waals surface area contributed by atoms with Crippen molar-refractivity contribution in [2.45, 2.75) is 52.0 Å². The second-order valence-electron chi connectivity index (χ2n) is 5.10. The summed E-state index contributed by atoms with van der Waals surface area (Å²) < 4.78 is 0. The van der Waals surface area contributed by atoms with Crippen molar-refractivity contribution in [2.24, 2.45) is 0 Å². The van der Waals surface area contributed by atoms with E-state index in [1.165, 1.54) is 55.3 Å². The van der Waals surface area contributed by atoms with Crippen LogP contribution in [0.3, 0.4) is 0 Å². The van der Waals surface area contributed by atoms with Gasteiger partial charge in [0.1, 0.15) is 0 Å². The first-order valence-corrected chi connectivity index (χ1v) is 6.55. The Morgan fingerprint density at radius 1 is 1.25 bits per heavy atom. The van der Waals surface area contributed by atoms with Gasteiger partial charge in [-0.25, -0.2) is 0 Å². The van der Waals surface area contributed by atoms with E-state index >= 15 is 0 Å². The molecule has 1 nitrogen and oxygen atoms in total. The van der Waals surface area contributed by atoms with Gasteiger partial charge in [0.25, 0.3) is 0 Å². The van der Waals surface area contributed by atoms with Crippen molar-refractivity contribution in [3.63, 3.8) is 0 Å². The van der Waals surface area contributed by atoms with Crippen LogP contribution < -0.4 is 5.32 Å². The summed E-state index contributed by atoms with van der Waals surface area (Å²) in [7, 11) is 0. The van der Waals surface area contributed by atoms with Crippen molar-refractivity contribution < 1.29 is 0 Å². The Morgan fingerprint density at radius 3 is 2.81 bits per heavy atom. The first kappa shape index (κ1) is 11.7. The average Bonchev–Trinajstić information content (AvgIpc) is 2.76. The molecule has 1 heteroatoms. The first-order valence-electron chi connectivity index (χ1n) is 6.55. The average molecular weight is 217 g/mol. The van der Waals surface area contributed by atoms with E-state index in [1.807, 2.05) is 0 Å². The molecule has 0 aromatic heterocycles. The van der Waals surface area contributed by atoms with Crippen LogP contribution in [-0.2, 0) is 6.42 Å². The first-order chi connectivity index (χ1) is 7.75. The second kappa shape index (κ2) is 5.49. The van der Waals surface area contributed by atoms with Crippen LogP contribution in [0.2, 0.25) is 0 Å². The molecule has 0 aliphatic carbocycles. The molecule has 0 radical (unpaired) electrons. The molecule has 88 valence electrons. The van der Waals surface area contributed by atoms with Crippen LogP contribution in [0.15, 0.2) is 18.2 Å². The van der Waals surface area contributed by atoms with Crippen LogP contribution >= 0.6 is 0 Å². The molecule has 1 aliphatic rings. The smallest absolute Gasteiger partial charge is 0.00676 e. The van der Waals surface area contributed by atoms with E-state index in [0.29, 0.717) is 0 Å². The number of nitrogens with one attached hydrogen (secondary N) is 1. The lowest BCUT2D eigenvalue weighted by molar-refractivity contribution is 0.536. The maximum absolute atomic E-state index is 3.56. The van der Waals surface area contributed by atoms with Crippen LogP contribution in [0.4, 0.5) is 0 Å². The van der Waals surface area contributed by atoms with Gasteiger partial charge in [0.05, 0.1) is 0 Å². The van der Waals surface area contributed by atoms with Crippen molar-refractivity contribution in [3.05, 3.63) is 34.9 Å². The summed E-state index contributed by atoms with van der Waals surface area (Å²) in [6, 6.07) is 7.67. The van der Waals surface area contributed by atoms with Gasteiger partial charge in [0, 0.05) is 6.04 Å². The lowest BCUT2D eigenvalue weighted by Gasteiger charge is -2.10. The Kier molecular flexibility index (Phi) is 4.00. The zero-order valence-corrected chi connectivity index (χ0v) is 10.6. The summed E-state index contributed by atoms with van der Waals surface area (Å²) in [6.07, 6.45) is 6.65. The van der Waals surface area contributed by atoms with Gasteiger partial charge >= 0.3 is 0 Å². The normalized spacial score (nSPS) is 20.2. The van der Waals surface area contributed by atoms with E-state index in [-0.39, 0.29) is 0 Å². The van der Waals surface area contributed by atoms with Gasteiger partial charge in [-0.15, -0.1) is 0 Å². The molecule has 1 unspecified atom stereocenters. The predicted molar refractivity (Wildman–Crippen MR) is 69.9 cm³/mol. The Balaban J connectivity index is 1.78. The molecule has 1 saturated heterocycles. The molecule has 1 aromatic carbocycles.